The molecule has 1 amide bonds. The van der Waals surface area contributed by atoms with Gasteiger partial charge in [0, 0.05) is 25.5 Å². The summed E-state index contributed by atoms with van der Waals surface area (Å²) in [5.74, 6) is -0.352. The number of carbonyl (C=O) groups excluding carboxylic acids is 1. The Morgan fingerprint density at radius 1 is 1.38 bits per heavy atom. The summed E-state index contributed by atoms with van der Waals surface area (Å²) in [7, 11) is 0.589. The quantitative estimate of drug-likeness (QED) is 0.391. The molecule has 3 N–H and O–H groups in total. The van der Waals surface area contributed by atoms with E-state index in [2.05, 4.69) is 10.3 Å². The number of amides is 1. The number of nitrogens with one attached hydrogen (secondary N) is 2. The summed E-state index contributed by atoms with van der Waals surface area (Å²) in [4.78, 5) is 34.9. The first kappa shape index (κ1) is 25.2. The molecule has 29 heavy (non-hydrogen) atoms. The first-order valence-electron chi connectivity index (χ1n) is 9.43. The number of nitrogens with zero attached hydrogens (tertiary/aromatic N) is 1. The summed E-state index contributed by atoms with van der Waals surface area (Å²) in [5, 5.41) is 10.1. The van der Waals surface area contributed by atoms with Crippen LogP contribution in [-0.4, -0.2) is 59.7 Å². The average molecular weight is 431 g/mol. The van der Waals surface area contributed by atoms with E-state index in [9.17, 15) is 14.4 Å². The monoisotopic (exact) mass is 431 g/mol. The van der Waals surface area contributed by atoms with Gasteiger partial charge in [0.2, 0.25) is 5.91 Å². The van der Waals surface area contributed by atoms with Gasteiger partial charge >= 0.3 is 5.69 Å². The number of carbonyl (C=O) groups is 1. The Hall–Kier alpha value is -1.84. The SMILES string of the molecule is CCOP(C/C=C/C1CCC(n2ccc(=O)[nH]c2=O)O1)OCC.CNC(=O)CO. The number of H-pyrrole nitrogens is 1. The Bertz CT molecular complexity index is 737. The molecule has 1 aromatic heterocycles. The molecule has 1 aliphatic heterocycles. The maximum atomic E-state index is 11.8. The number of aromatic nitrogens is 2. The smallest absolute Gasteiger partial charge is 0.330 e. The van der Waals surface area contributed by atoms with Gasteiger partial charge in [0.15, 0.2) is 8.38 Å². The van der Waals surface area contributed by atoms with Gasteiger partial charge in [-0.25, -0.2) is 4.79 Å². The zero-order chi connectivity index (χ0) is 21.6. The van der Waals surface area contributed by atoms with Crippen molar-refractivity contribution < 1.29 is 23.7 Å². The van der Waals surface area contributed by atoms with Crippen molar-refractivity contribution in [2.24, 2.45) is 0 Å². The topological polar surface area (TPSA) is 132 Å². The molecular formula is C18H30N3O7P. The summed E-state index contributed by atoms with van der Waals surface area (Å²) in [5.41, 5.74) is -0.843. The van der Waals surface area contributed by atoms with E-state index >= 15 is 0 Å². The van der Waals surface area contributed by atoms with Crippen LogP contribution in [0.15, 0.2) is 34.0 Å². The summed E-state index contributed by atoms with van der Waals surface area (Å²) >= 11 is 0. The van der Waals surface area contributed by atoms with E-state index in [1.165, 1.54) is 23.9 Å². The third kappa shape index (κ3) is 9.47. The number of rotatable bonds is 9. The summed E-state index contributed by atoms with van der Waals surface area (Å²) < 4.78 is 18.3. The molecule has 1 aromatic rings. The van der Waals surface area contributed by atoms with Crippen LogP contribution in [-0.2, 0) is 18.6 Å². The van der Waals surface area contributed by atoms with Gasteiger partial charge in [-0.15, -0.1) is 0 Å². The highest BCUT2D eigenvalue weighted by Gasteiger charge is 2.25. The van der Waals surface area contributed by atoms with Gasteiger partial charge in [0.1, 0.15) is 12.8 Å². The normalized spacial score (nSPS) is 18.7. The number of hydrogen-bond acceptors (Lipinski definition) is 7. The Kier molecular flexibility index (Phi) is 12.3. The lowest BCUT2D eigenvalue weighted by molar-refractivity contribution is -0.123. The van der Waals surface area contributed by atoms with Crippen LogP contribution in [0.1, 0.15) is 32.9 Å². The second kappa shape index (κ2) is 14.2. The van der Waals surface area contributed by atoms with Crippen LogP contribution in [0.4, 0.5) is 0 Å². The van der Waals surface area contributed by atoms with Crippen LogP contribution in [0.25, 0.3) is 0 Å². The predicted molar refractivity (Wildman–Crippen MR) is 110 cm³/mol. The maximum absolute atomic E-state index is 11.8. The van der Waals surface area contributed by atoms with Gasteiger partial charge in [-0.3, -0.25) is 19.1 Å². The molecule has 2 heterocycles. The number of ether oxygens (including phenoxy) is 1. The van der Waals surface area contributed by atoms with E-state index in [-0.39, 0.29) is 18.2 Å². The van der Waals surface area contributed by atoms with E-state index in [1.54, 1.807) is 0 Å². The highest BCUT2D eigenvalue weighted by atomic mass is 31.2. The standard InChI is InChI=1S/C15H23N2O5P.C3H7NO2/c1-3-20-23(21-4-2)11-5-6-12-7-8-14(22-12)17-10-9-13(18)16-15(17)19;1-4-3(6)2-5/h5-6,9-10,12,14H,3-4,7-8,11H2,1-2H3,(H,16,18,19);5H,2H2,1H3,(H,4,6)/b6-5+;. The minimum Gasteiger partial charge on any atom is -0.387 e. The number of aromatic amines is 1. The van der Waals surface area contributed by atoms with Gasteiger partial charge in [-0.1, -0.05) is 12.2 Å². The van der Waals surface area contributed by atoms with Crippen molar-refractivity contribution in [3.8, 4) is 0 Å². The fourth-order valence-electron chi connectivity index (χ4n) is 2.45. The largest absolute Gasteiger partial charge is 0.387 e. The lowest BCUT2D eigenvalue weighted by Crippen LogP contribution is -2.31. The maximum Gasteiger partial charge on any atom is 0.330 e. The number of likely N-dealkylation sites (N-methyl/N-ethyl adjacent to an activating group) is 1. The van der Waals surface area contributed by atoms with Crippen LogP contribution < -0.4 is 16.6 Å². The minimum atomic E-state index is -0.882. The van der Waals surface area contributed by atoms with Gasteiger partial charge in [0.05, 0.1) is 19.3 Å². The van der Waals surface area contributed by atoms with Crippen LogP contribution in [0, 0.1) is 0 Å². The van der Waals surface area contributed by atoms with Crippen molar-refractivity contribution in [1.29, 1.82) is 0 Å². The van der Waals surface area contributed by atoms with Crippen molar-refractivity contribution in [3.05, 3.63) is 45.3 Å². The molecule has 1 saturated heterocycles. The summed E-state index contributed by atoms with van der Waals surface area (Å²) in [6.45, 7) is 4.75. The Balaban J connectivity index is 0.000000612. The first-order valence-corrected chi connectivity index (χ1v) is 10.8. The Labute approximate surface area is 170 Å². The molecule has 1 aliphatic rings. The van der Waals surface area contributed by atoms with E-state index in [4.69, 9.17) is 18.9 Å². The van der Waals surface area contributed by atoms with E-state index in [0.29, 0.717) is 13.2 Å². The van der Waals surface area contributed by atoms with Crippen molar-refractivity contribution in [2.45, 2.75) is 39.0 Å². The third-order valence-electron chi connectivity index (χ3n) is 3.77. The fraction of sp³-hybridized carbons (Fsp3) is 0.611. The van der Waals surface area contributed by atoms with Gasteiger partial charge in [0.25, 0.3) is 5.56 Å². The molecule has 0 saturated carbocycles. The van der Waals surface area contributed by atoms with Crippen LogP contribution in [0.5, 0.6) is 0 Å². The molecule has 2 atom stereocenters. The zero-order valence-corrected chi connectivity index (χ0v) is 17.9. The van der Waals surface area contributed by atoms with E-state index < -0.39 is 26.2 Å². The summed E-state index contributed by atoms with van der Waals surface area (Å²) in [6.07, 6.45) is 7.37. The Morgan fingerprint density at radius 2 is 2.07 bits per heavy atom. The first-order chi connectivity index (χ1) is 13.9. The lowest BCUT2D eigenvalue weighted by Gasteiger charge is -2.15. The highest BCUT2D eigenvalue weighted by Crippen LogP contribution is 2.38. The second-order valence-electron chi connectivity index (χ2n) is 5.83. The van der Waals surface area contributed by atoms with Crippen LogP contribution in [0.3, 0.4) is 0 Å². The zero-order valence-electron chi connectivity index (χ0n) is 17.0. The van der Waals surface area contributed by atoms with Crippen molar-refractivity contribution in [2.75, 3.05) is 33.0 Å². The van der Waals surface area contributed by atoms with Crippen molar-refractivity contribution >= 4 is 14.3 Å². The van der Waals surface area contributed by atoms with Crippen LogP contribution in [0.2, 0.25) is 0 Å². The minimum absolute atomic E-state index is 0.0427. The molecule has 0 aromatic carbocycles. The number of hydrogen-bond donors (Lipinski definition) is 3. The number of allylic oxidation sites excluding steroid dienone is 1. The Morgan fingerprint density at radius 3 is 2.59 bits per heavy atom. The predicted octanol–water partition coefficient (Wildman–Crippen LogP) is 0.880. The molecule has 2 unspecified atom stereocenters. The highest BCUT2D eigenvalue weighted by molar-refractivity contribution is 7.47. The molecule has 0 radical (unpaired) electrons. The molecular weight excluding hydrogens is 401 g/mol. The molecule has 11 heteroatoms. The molecule has 164 valence electrons. The molecule has 1 fully saturated rings. The fourth-order valence-corrected chi connectivity index (χ4v) is 3.61. The van der Waals surface area contributed by atoms with Gasteiger partial charge in [-0.05, 0) is 26.7 Å². The molecule has 2 rings (SSSR count). The molecule has 0 bridgehead atoms. The number of aliphatic hydroxyl groups excluding tert-OH is 1. The lowest BCUT2D eigenvalue weighted by atomic mass is 10.2. The van der Waals surface area contributed by atoms with Crippen molar-refractivity contribution in [1.82, 2.24) is 14.9 Å². The average Bonchev–Trinajstić information content (AvgIpc) is 3.16. The summed E-state index contributed by atoms with van der Waals surface area (Å²) in [6, 6.07) is 1.32. The molecule has 0 spiro atoms. The molecule has 0 aliphatic carbocycles. The number of aliphatic hydroxyl groups is 1. The van der Waals surface area contributed by atoms with Crippen LogP contribution >= 0.6 is 8.38 Å². The van der Waals surface area contributed by atoms with E-state index in [1.807, 2.05) is 26.0 Å². The second-order valence-corrected chi connectivity index (χ2v) is 7.38. The van der Waals surface area contributed by atoms with Gasteiger partial charge in [-0.2, -0.15) is 0 Å². The van der Waals surface area contributed by atoms with Crippen molar-refractivity contribution in [3.63, 3.8) is 0 Å². The molecule has 10 nitrogen and oxygen atoms in total. The van der Waals surface area contributed by atoms with E-state index in [0.717, 1.165) is 19.0 Å². The third-order valence-corrected chi connectivity index (χ3v) is 5.37. The van der Waals surface area contributed by atoms with Gasteiger partial charge < -0.3 is 24.2 Å².